The average molecular weight is 430 g/mol. The van der Waals surface area contributed by atoms with Gasteiger partial charge in [-0.25, -0.2) is 0 Å². The van der Waals surface area contributed by atoms with E-state index in [9.17, 15) is 19.8 Å². The van der Waals surface area contributed by atoms with Crippen molar-refractivity contribution in [1.82, 2.24) is 4.90 Å². The van der Waals surface area contributed by atoms with Gasteiger partial charge in [-0.1, -0.05) is 43.5 Å². The Hall–Kier alpha value is -2.99. The number of aliphatic hydroxyl groups is 1. The number of amides is 1. The lowest BCUT2D eigenvalue weighted by Crippen LogP contribution is -2.30. The van der Waals surface area contributed by atoms with Gasteiger partial charge in [-0.3, -0.25) is 9.59 Å². The molecule has 1 atom stereocenters. The Bertz CT molecular complexity index is 984. The minimum atomic E-state index is -0.773. The molecule has 1 heterocycles. The normalized spacial score (nSPS) is 18.1. The van der Waals surface area contributed by atoms with Gasteiger partial charge in [0.1, 0.15) is 17.3 Å². The fourth-order valence-electron chi connectivity index (χ4n) is 3.60. The van der Waals surface area contributed by atoms with Gasteiger partial charge in [-0.2, -0.15) is 0 Å². The monoisotopic (exact) mass is 429 g/mol. The van der Waals surface area contributed by atoms with Gasteiger partial charge in [-0.05, 0) is 42.3 Å². The van der Waals surface area contributed by atoms with E-state index in [1.807, 2.05) is 0 Å². The molecule has 1 aliphatic rings. The summed E-state index contributed by atoms with van der Waals surface area (Å²) in [5, 5.41) is 21.0. The van der Waals surface area contributed by atoms with E-state index in [-0.39, 0.29) is 27.7 Å². The van der Waals surface area contributed by atoms with E-state index in [4.69, 9.17) is 16.3 Å². The maximum Gasteiger partial charge on any atom is 0.295 e. The second-order valence-electron chi connectivity index (χ2n) is 7.14. The van der Waals surface area contributed by atoms with E-state index in [0.29, 0.717) is 17.9 Å². The predicted octanol–water partition coefficient (Wildman–Crippen LogP) is 4.67. The first-order valence-electron chi connectivity index (χ1n) is 9.80. The van der Waals surface area contributed by atoms with Crippen molar-refractivity contribution < 1.29 is 24.5 Å². The molecule has 158 valence electrons. The van der Waals surface area contributed by atoms with Gasteiger partial charge in [-0.15, -0.1) is 0 Å². The molecule has 0 saturated carbocycles. The van der Waals surface area contributed by atoms with Crippen LogP contribution < -0.4 is 4.74 Å². The van der Waals surface area contributed by atoms with Crippen LogP contribution >= 0.6 is 11.6 Å². The SMILES string of the molecule is CCCCCN1C(=O)C(=O)/C(=C(/O)c2cc(OC)ccc2Cl)C1c1ccc(O)cc1. The summed E-state index contributed by atoms with van der Waals surface area (Å²) in [7, 11) is 1.48. The number of hydrogen-bond acceptors (Lipinski definition) is 5. The molecule has 1 amide bonds. The summed E-state index contributed by atoms with van der Waals surface area (Å²) in [5.74, 6) is -1.25. The third-order valence-electron chi connectivity index (χ3n) is 5.18. The number of rotatable bonds is 7. The number of phenols is 1. The zero-order valence-electron chi connectivity index (χ0n) is 16.9. The molecular weight excluding hydrogens is 406 g/mol. The van der Waals surface area contributed by atoms with Gasteiger partial charge in [0.25, 0.3) is 11.7 Å². The van der Waals surface area contributed by atoms with Crippen molar-refractivity contribution in [1.29, 1.82) is 0 Å². The molecule has 2 aromatic rings. The van der Waals surface area contributed by atoms with Gasteiger partial charge in [0, 0.05) is 12.1 Å². The third kappa shape index (κ3) is 4.14. The molecule has 0 spiro atoms. The molecule has 3 rings (SSSR count). The van der Waals surface area contributed by atoms with Crippen molar-refractivity contribution in [2.75, 3.05) is 13.7 Å². The highest BCUT2D eigenvalue weighted by atomic mass is 35.5. The zero-order chi connectivity index (χ0) is 21.8. The summed E-state index contributed by atoms with van der Waals surface area (Å²) in [6.45, 7) is 2.43. The molecule has 0 bridgehead atoms. The molecule has 7 heteroatoms. The third-order valence-corrected chi connectivity index (χ3v) is 5.51. The Morgan fingerprint density at radius 2 is 1.83 bits per heavy atom. The van der Waals surface area contributed by atoms with Crippen molar-refractivity contribution in [3.63, 3.8) is 0 Å². The molecule has 0 radical (unpaired) electrons. The zero-order valence-corrected chi connectivity index (χ0v) is 17.6. The number of likely N-dealkylation sites (tertiary alicyclic amines) is 1. The molecule has 1 aliphatic heterocycles. The summed E-state index contributed by atoms with van der Waals surface area (Å²) >= 11 is 6.27. The van der Waals surface area contributed by atoms with E-state index in [1.54, 1.807) is 24.3 Å². The van der Waals surface area contributed by atoms with Crippen molar-refractivity contribution in [2.24, 2.45) is 0 Å². The number of benzene rings is 2. The number of unbranched alkanes of at least 4 members (excludes halogenated alkanes) is 2. The number of halogens is 1. The summed E-state index contributed by atoms with van der Waals surface area (Å²) in [6.07, 6.45) is 2.61. The number of phenolic OH excluding ortho intramolecular Hbond substituents is 1. The molecule has 6 nitrogen and oxygen atoms in total. The largest absolute Gasteiger partial charge is 0.508 e. The topological polar surface area (TPSA) is 87.1 Å². The Kier molecular flexibility index (Phi) is 6.67. The van der Waals surface area contributed by atoms with E-state index in [2.05, 4.69) is 6.92 Å². The first-order chi connectivity index (χ1) is 14.4. The highest BCUT2D eigenvalue weighted by Gasteiger charge is 2.45. The molecule has 1 unspecified atom stereocenters. The lowest BCUT2D eigenvalue weighted by molar-refractivity contribution is -0.139. The first-order valence-corrected chi connectivity index (χ1v) is 10.2. The molecule has 0 aromatic heterocycles. The second kappa shape index (κ2) is 9.22. The van der Waals surface area contributed by atoms with Gasteiger partial charge in [0.2, 0.25) is 0 Å². The number of ketones is 1. The van der Waals surface area contributed by atoms with E-state index >= 15 is 0 Å². The van der Waals surface area contributed by atoms with Crippen LogP contribution in [0.1, 0.15) is 43.4 Å². The lowest BCUT2D eigenvalue weighted by atomic mass is 9.95. The van der Waals surface area contributed by atoms with Gasteiger partial charge in [0.15, 0.2) is 0 Å². The van der Waals surface area contributed by atoms with Crippen LogP contribution in [0.3, 0.4) is 0 Å². The fraction of sp³-hybridized carbons (Fsp3) is 0.304. The quantitative estimate of drug-likeness (QED) is 0.289. The van der Waals surface area contributed by atoms with Gasteiger partial charge < -0.3 is 19.8 Å². The van der Waals surface area contributed by atoms with Crippen LogP contribution in [-0.4, -0.2) is 40.5 Å². The molecule has 2 aromatic carbocycles. The van der Waals surface area contributed by atoms with E-state index in [1.165, 1.54) is 30.2 Å². The Labute approximate surface area is 180 Å². The van der Waals surface area contributed by atoms with E-state index in [0.717, 1.165) is 19.3 Å². The molecule has 0 aliphatic carbocycles. The standard InChI is InChI=1S/C23H24ClNO5/c1-3-4-5-12-25-20(14-6-8-15(26)9-7-14)19(22(28)23(25)29)21(27)17-13-16(30-2)10-11-18(17)24/h6-11,13,20,26-27H,3-5,12H2,1-2H3/b21-19+. The van der Waals surface area contributed by atoms with Crippen molar-refractivity contribution in [3.8, 4) is 11.5 Å². The molecular formula is C23H24ClNO5. The van der Waals surface area contributed by atoms with Crippen LogP contribution in [0.15, 0.2) is 48.0 Å². The predicted molar refractivity (Wildman–Crippen MR) is 115 cm³/mol. The summed E-state index contributed by atoms with van der Waals surface area (Å²) < 4.78 is 5.20. The van der Waals surface area contributed by atoms with Crippen molar-refractivity contribution in [3.05, 3.63) is 64.2 Å². The number of methoxy groups -OCH3 is 1. The second-order valence-corrected chi connectivity index (χ2v) is 7.54. The number of Topliss-reactive ketones (excluding diaryl/α,β-unsaturated/α-hetero) is 1. The Balaban J connectivity index is 2.16. The Morgan fingerprint density at radius 3 is 2.47 bits per heavy atom. The average Bonchev–Trinajstić information content (AvgIpc) is 2.99. The van der Waals surface area contributed by atoms with Gasteiger partial charge in [0.05, 0.1) is 23.7 Å². The molecule has 2 N–H and O–H groups in total. The number of nitrogens with zero attached hydrogens (tertiary/aromatic N) is 1. The first kappa shape index (κ1) is 21.7. The van der Waals surface area contributed by atoms with Crippen molar-refractivity contribution >= 4 is 29.1 Å². The highest BCUT2D eigenvalue weighted by molar-refractivity contribution is 6.47. The van der Waals surface area contributed by atoms with E-state index < -0.39 is 17.7 Å². The Morgan fingerprint density at radius 1 is 1.13 bits per heavy atom. The number of aromatic hydroxyl groups is 1. The smallest absolute Gasteiger partial charge is 0.295 e. The number of carbonyl (C=O) groups is 2. The number of ether oxygens (including phenoxy) is 1. The molecule has 30 heavy (non-hydrogen) atoms. The van der Waals surface area contributed by atoms with Crippen LogP contribution in [-0.2, 0) is 9.59 Å². The fourth-order valence-corrected chi connectivity index (χ4v) is 3.81. The lowest BCUT2D eigenvalue weighted by Gasteiger charge is -2.25. The van der Waals surface area contributed by atoms with Crippen LogP contribution in [0, 0.1) is 0 Å². The minimum Gasteiger partial charge on any atom is -0.508 e. The molecule has 1 saturated heterocycles. The summed E-state index contributed by atoms with van der Waals surface area (Å²) in [6, 6.07) is 10.2. The maximum absolute atomic E-state index is 12.9. The van der Waals surface area contributed by atoms with Crippen LogP contribution in [0.5, 0.6) is 11.5 Å². The van der Waals surface area contributed by atoms with Crippen molar-refractivity contribution in [2.45, 2.75) is 32.2 Å². The molecule has 1 fully saturated rings. The minimum absolute atomic E-state index is 0.0302. The summed E-state index contributed by atoms with van der Waals surface area (Å²) in [5.41, 5.74) is 0.799. The number of carbonyl (C=O) groups excluding carboxylic acids is 2. The number of hydrogen-bond donors (Lipinski definition) is 2. The summed E-state index contributed by atoms with van der Waals surface area (Å²) in [4.78, 5) is 27.3. The van der Waals surface area contributed by atoms with Crippen LogP contribution in [0.2, 0.25) is 5.02 Å². The number of aliphatic hydroxyl groups excluding tert-OH is 1. The highest BCUT2D eigenvalue weighted by Crippen LogP contribution is 2.41. The van der Waals surface area contributed by atoms with Crippen LogP contribution in [0.4, 0.5) is 0 Å². The van der Waals surface area contributed by atoms with Crippen LogP contribution in [0.25, 0.3) is 5.76 Å². The van der Waals surface area contributed by atoms with Gasteiger partial charge >= 0.3 is 0 Å². The maximum atomic E-state index is 12.9.